The molecule has 6 nitrogen and oxygen atoms in total. The first-order valence-corrected chi connectivity index (χ1v) is 9.60. The van der Waals surface area contributed by atoms with E-state index in [1.165, 1.54) is 16.0 Å². The van der Waals surface area contributed by atoms with E-state index in [0.29, 0.717) is 6.54 Å². The van der Waals surface area contributed by atoms with Gasteiger partial charge in [-0.25, -0.2) is 0 Å². The molecule has 0 saturated carbocycles. The lowest BCUT2D eigenvalue weighted by molar-refractivity contribution is 0.0950. The number of aryl methyl sites for hydroxylation is 2. The van der Waals surface area contributed by atoms with Crippen molar-refractivity contribution < 1.29 is 14.4 Å². The van der Waals surface area contributed by atoms with Crippen molar-refractivity contribution in [1.82, 2.24) is 15.4 Å². The largest absolute Gasteiger partial charge is 0.396 e. The van der Waals surface area contributed by atoms with Crippen molar-refractivity contribution in [3.8, 4) is 0 Å². The SMILES string of the molecule is Cc1noc(C)c1CN1CCc2c(C(=O)NCCCCO)csc2C1. The molecular weight excluding hydrogens is 338 g/mol. The van der Waals surface area contributed by atoms with Crippen LogP contribution in [-0.2, 0) is 19.5 Å². The molecule has 3 heterocycles. The standard InChI is InChI=1S/C18H25N3O3S/c1-12-15(13(2)24-20-12)9-21-7-5-14-16(11-25-17(14)10-21)18(23)19-6-3-4-8-22/h11,22H,3-10H2,1-2H3,(H,19,23). The Morgan fingerprint density at radius 3 is 3.00 bits per heavy atom. The molecule has 0 aromatic carbocycles. The molecule has 0 atom stereocenters. The van der Waals surface area contributed by atoms with E-state index in [4.69, 9.17) is 9.63 Å². The van der Waals surface area contributed by atoms with Crippen LogP contribution in [-0.4, -0.2) is 40.8 Å². The lowest BCUT2D eigenvalue weighted by Crippen LogP contribution is -2.31. The third kappa shape index (κ3) is 4.11. The van der Waals surface area contributed by atoms with Crippen molar-refractivity contribution >= 4 is 17.2 Å². The van der Waals surface area contributed by atoms with Crippen LogP contribution in [0.1, 0.15) is 50.7 Å². The number of fused-ring (bicyclic) bond motifs is 1. The molecule has 25 heavy (non-hydrogen) atoms. The Morgan fingerprint density at radius 1 is 1.44 bits per heavy atom. The van der Waals surface area contributed by atoms with E-state index >= 15 is 0 Å². The molecule has 0 unspecified atom stereocenters. The molecule has 3 rings (SSSR count). The van der Waals surface area contributed by atoms with Crippen molar-refractivity contribution in [2.75, 3.05) is 19.7 Å². The van der Waals surface area contributed by atoms with Crippen LogP contribution in [0.5, 0.6) is 0 Å². The first-order chi connectivity index (χ1) is 12.1. The van der Waals surface area contributed by atoms with E-state index in [9.17, 15) is 4.79 Å². The molecular formula is C18H25N3O3S. The fourth-order valence-corrected chi connectivity index (χ4v) is 4.31. The molecule has 136 valence electrons. The summed E-state index contributed by atoms with van der Waals surface area (Å²) in [6.07, 6.45) is 2.42. The smallest absolute Gasteiger partial charge is 0.252 e. The molecule has 2 N–H and O–H groups in total. The maximum atomic E-state index is 12.4. The van der Waals surface area contributed by atoms with E-state index in [0.717, 1.165) is 55.9 Å². The second kappa shape index (κ2) is 8.12. The zero-order chi connectivity index (χ0) is 17.8. The van der Waals surface area contributed by atoms with Crippen LogP contribution in [0.2, 0.25) is 0 Å². The van der Waals surface area contributed by atoms with Crippen LogP contribution in [0.15, 0.2) is 9.90 Å². The average molecular weight is 363 g/mol. The number of hydrogen-bond acceptors (Lipinski definition) is 6. The van der Waals surface area contributed by atoms with Crippen LogP contribution in [0.4, 0.5) is 0 Å². The zero-order valence-electron chi connectivity index (χ0n) is 14.8. The van der Waals surface area contributed by atoms with Crippen LogP contribution in [0.25, 0.3) is 0 Å². The zero-order valence-corrected chi connectivity index (χ0v) is 15.6. The molecule has 0 saturated heterocycles. The van der Waals surface area contributed by atoms with Crippen LogP contribution in [0, 0.1) is 13.8 Å². The molecule has 1 aliphatic heterocycles. The van der Waals surface area contributed by atoms with Gasteiger partial charge in [0.25, 0.3) is 5.91 Å². The minimum atomic E-state index is 0.00890. The summed E-state index contributed by atoms with van der Waals surface area (Å²) in [7, 11) is 0. The lowest BCUT2D eigenvalue weighted by atomic mass is 10.0. The Bertz CT molecular complexity index is 719. The van der Waals surface area contributed by atoms with Crippen molar-refractivity contribution in [3.05, 3.63) is 38.4 Å². The van der Waals surface area contributed by atoms with Crippen LogP contribution >= 0.6 is 11.3 Å². The number of carbonyl (C=O) groups excluding carboxylic acids is 1. The Hall–Kier alpha value is -1.70. The van der Waals surface area contributed by atoms with Gasteiger partial charge in [-0.05, 0) is 38.7 Å². The number of aliphatic hydroxyl groups is 1. The van der Waals surface area contributed by atoms with Gasteiger partial charge < -0.3 is 14.9 Å². The van der Waals surface area contributed by atoms with Gasteiger partial charge in [0.05, 0.1) is 11.3 Å². The molecule has 2 aromatic heterocycles. The quantitative estimate of drug-likeness (QED) is 0.739. The van der Waals surface area contributed by atoms with Crippen LogP contribution < -0.4 is 5.32 Å². The highest BCUT2D eigenvalue weighted by Crippen LogP contribution is 2.30. The highest BCUT2D eigenvalue weighted by atomic mass is 32.1. The van der Waals surface area contributed by atoms with Crippen LogP contribution in [0.3, 0.4) is 0 Å². The highest BCUT2D eigenvalue weighted by Gasteiger charge is 2.25. The molecule has 0 radical (unpaired) electrons. The summed E-state index contributed by atoms with van der Waals surface area (Å²) in [5, 5.41) is 17.8. The number of aliphatic hydroxyl groups excluding tert-OH is 1. The van der Waals surface area contributed by atoms with E-state index in [2.05, 4.69) is 15.4 Å². The first-order valence-electron chi connectivity index (χ1n) is 8.72. The lowest BCUT2D eigenvalue weighted by Gasteiger charge is -2.27. The van der Waals surface area contributed by atoms with Crippen molar-refractivity contribution in [2.45, 2.75) is 46.2 Å². The third-order valence-electron chi connectivity index (χ3n) is 4.70. The van der Waals surface area contributed by atoms with Gasteiger partial charge in [0.2, 0.25) is 0 Å². The minimum absolute atomic E-state index is 0.00890. The van der Waals surface area contributed by atoms with Gasteiger partial charge >= 0.3 is 0 Å². The topological polar surface area (TPSA) is 78.6 Å². The van der Waals surface area contributed by atoms with Crippen molar-refractivity contribution in [3.63, 3.8) is 0 Å². The fourth-order valence-electron chi connectivity index (χ4n) is 3.19. The van der Waals surface area contributed by atoms with Gasteiger partial charge in [-0.15, -0.1) is 11.3 Å². The number of carbonyl (C=O) groups is 1. The number of unbranched alkanes of at least 4 members (excludes halogenated alkanes) is 1. The molecule has 7 heteroatoms. The van der Waals surface area contributed by atoms with E-state index in [-0.39, 0.29) is 12.5 Å². The first kappa shape index (κ1) is 18.1. The number of aromatic nitrogens is 1. The van der Waals surface area contributed by atoms with Gasteiger partial charge in [0.15, 0.2) is 0 Å². The summed E-state index contributed by atoms with van der Waals surface area (Å²) in [5.74, 6) is 0.895. The van der Waals surface area contributed by atoms with Gasteiger partial charge in [0.1, 0.15) is 5.76 Å². The Balaban J connectivity index is 1.61. The Kier molecular flexibility index (Phi) is 5.88. The summed E-state index contributed by atoms with van der Waals surface area (Å²) in [5.41, 5.74) is 4.14. The van der Waals surface area contributed by atoms with Crippen molar-refractivity contribution in [2.24, 2.45) is 0 Å². The van der Waals surface area contributed by atoms with Crippen molar-refractivity contribution in [1.29, 1.82) is 0 Å². The number of rotatable bonds is 7. The number of thiophene rings is 1. The molecule has 0 spiro atoms. The summed E-state index contributed by atoms with van der Waals surface area (Å²) in [6.45, 7) is 7.34. The Labute approximate surface area is 151 Å². The monoisotopic (exact) mass is 363 g/mol. The third-order valence-corrected chi connectivity index (χ3v) is 5.72. The maximum Gasteiger partial charge on any atom is 0.252 e. The summed E-state index contributed by atoms with van der Waals surface area (Å²) in [6, 6.07) is 0. The van der Waals surface area contributed by atoms with Gasteiger partial charge in [-0.3, -0.25) is 9.69 Å². The minimum Gasteiger partial charge on any atom is -0.396 e. The highest BCUT2D eigenvalue weighted by molar-refractivity contribution is 7.10. The van der Waals surface area contributed by atoms with Gasteiger partial charge in [0, 0.05) is 48.6 Å². The Morgan fingerprint density at radius 2 is 2.28 bits per heavy atom. The second-order valence-electron chi connectivity index (χ2n) is 6.50. The second-order valence-corrected chi connectivity index (χ2v) is 7.47. The summed E-state index contributed by atoms with van der Waals surface area (Å²) < 4.78 is 5.25. The molecule has 0 aliphatic carbocycles. The normalized spacial score (nSPS) is 14.5. The van der Waals surface area contributed by atoms with E-state index in [1.807, 2.05) is 19.2 Å². The number of amides is 1. The molecule has 2 aromatic rings. The predicted molar refractivity (Wildman–Crippen MR) is 96.8 cm³/mol. The van der Waals surface area contributed by atoms with Gasteiger partial charge in [-0.1, -0.05) is 5.16 Å². The molecule has 1 aliphatic rings. The number of nitrogens with one attached hydrogen (secondary N) is 1. The maximum absolute atomic E-state index is 12.4. The molecule has 0 fully saturated rings. The predicted octanol–water partition coefficient (Wildman–Crippen LogP) is 2.41. The van der Waals surface area contributed by atoms with E-state index < -0.39 is 0 Å². The van der Waals surface area contributed by atoms with E-state index in [1.54, 1.807) is 11.3 Å². The summed E-state index contributed by atoms with van der Waals surface area (Å²) in [4.78, 5) is 16.0. The molecule has 1 amide bonds. The number of hydrogen-bond donors (Lipinski definition) is 2. The molecule has 0 bridgehead atoms. The number of nitrogens with zero attached hydrogens (tertiary/aromatic N) is 2. The van der Waals surface area contributed by atoms with Gasteiger partial charge in [-0.2, -0.15) is 0 Å². The average Bonchev–Trinajstić information content (AvgIpc) is 3.16. The summed E-state index contributed by atoms with van der Waals surface area (Å²) >= 11 is 1.67. The fraction of sp³-hybridized carbons (Fsp3) is 0.556.